The van der Waals surface area contributed by atoms with Crippen LogP contribution in [0.15, 0.2) is 23.2 Å². The van der Waals surface area contributed by atoms with Crippen LogP contribution >= 0.6 is 24.0 Å². The molecule has 0 saturated carbocycles. The van der Waals surface area contributed by atoms with E-state index in [9.17, 15) is 8.42 Å². The summed E-state index contributed by atoms with van der Waals surface area (Å²) in [5.74, 6) is 0.540. The number of anilines is 1. The molecule has 0 bridgehead atoms. The van der Waals surface area contributed by atoms with E-state index in [1.54, 1.807) is 0 Å². The SMILES string of the molecule is Cc1cc(C)cc(NC(N)=NCC2CCCCS2(=O)=O)c1.I. The molecular weight excluding hydrogens is 413 g/mol. The fourth-order valence-corrected chi connectivity index (χ4v) is 4.43. The summed E-state index contributed by atoms with van der Waals surface area (Å²) in [5, 5.41) is 2.64. The zero-order valence-electron chi connectivity index (χ0n) is 13.0. The highest BCUT2D eigenvalue weighted by Gasteiger charge is 2.28. The lowest BCUT2D eigenvalue weighted by Crippen LogP contribution is -2.32. The van der Waals surface area contributed by atoms with Crippen molar-refractivity contribution < 1.29 is 8.42 Å². The van der Waals surface area contributed by atoms with Crippen LogP contribution in [0, 0.1) is 13.8 Å². The van der Waals surface area contributed by atoms with E-state index in [0.29, 0.717) is 6.42 Å². The van der Waals surface area contributed by atoms with Crippen molar-refractivity contribution in [1.82, 2.24) is 0 Å². The van der Waals surface area contributed by atoms with E-state index in [-0.39, 0.29) is 47.5 Å². The number of nitrogens with zero attached hydrogens (tertiary/aromatic N) is 1. The van der Waals surface area contributed by atoms with Gasteiger partial charge in [-0.2, -0.15) is 0 Å². The molecule has 7 heteroatoms. The Bertz CT molecular complexity index is 624. The number of hydrogen-bond acceptors (Lipinski definition) is 3. The van der Waals surface area contributed by atoms with Crippen LogP contribution in [0.5, 0.6) is 0 Å². The molecule has 1 aliphatic heterocycles. The van der Waals surface area contributed by atoms with Gasteiger partial charge in [0.05, 0.1) is 17.5 Å². The maximum Gasteiger partial charge on any atom is 0.193 e. The quantitative estimate of drug-likeness (QED) is 0.433. The lowest BCUT2D eigenvalue weighted by atomic mass is 10.1. The molecule has 1 aromatic carbocycles. The monoisotopic (exact) mass is 437 g/mol. The Morgan fingerprint density at radius 3 is 2.50 bits per heavy atom. The highest BCUT2D eigenvalue weighted by molar-refractivity contribution is 14.0. The normalized spacial score (nSPS) is 21.0. The summed E-state index contributed by atoms with van der Waals surface area (Å²) in [5.41, 5.74) is 9.01. The first kappa shape index (κ1) is 19.2. The second kappa shape index (κ2) is 8.14. The summed E-state index contributed by atoms with van der Waals surface area (Å²) in [6.07, 6.45) is 2.39. The minimum absolute atomic E-state index is 0. The van der Waals surface area contributed by atoms with Crippen molar-refractivity contribution in [1.29, 1.82) is 0 Å². The molecule has 1 saturated heterocycles. The molecule has 0 amide bonds. The third-order valence-electron chi connectivity index (χ3n) is 3.67. The molecule has 1 aliphatic rings. The molecule has 0 spiro atoms. The van der Waals surface area contributed by atoms with Gasteiger partial charge in [0, 0.05) is 5.69 Å². The molecule has 5 nitrogen and oxygen atoms in total. The number of benzene rings is 1. The van der Waals surface area contributed by atoms with Gasteiger partial charge in [-0.05, 0) is 49.9 Å². The maximum atomic E-state index is 11.9. The summed E-state index contributed by atoms with van der Waals surface area (Å²) in [7, 11) is -3.00. The molecule has 1 atom stereocenters. The molecule has 2 rings (SSSR count). The summed E-state index contributed by atoms with van der Waals surface area (Å²) in [6.45, 7) is 4.27. The van der Waals surface area contributed by atoms with Gasteiger partial charge in [-0.15, -0.1) is 24.0 Å². The van der Waals surface area contributed by atoms with Crippen molar-refractivity contribution in [2.45, 2.75) is 38.4 Å². The Morgan fingerprint density at radius 1 is 1.27 bits per heavy atom. The number of hydrogen-bond donors (Lipinski definition) is 2. The first-order valence-corrected chi connectivity index (χ1v) is 8.95. The second-order valence-corrected chi connectivity index (χ2v) is 8.11. The first-order valence-electron chi connectivity index (χ1n) is 7.23. The fraction of sp³-hybridized carbons (Fsp3) is 0.533. The number of nitrogens with one attached hydrogen (secondary N) is 1. The molecule has 1 fully saturated rings. The van der Waals surface area contributed by atoms with Crippen LogP contribution in [0.2, 0.25) is 0 Å². The number of guanidine groups is 1. The predicted octanol–water partition coefficient (Wildman–Crippen LogP) is 2.62. The van der Waals surface area contributed by atoms with Gasteiger partial charge in [0.2, 0.25) is 0 Å². The van der Waals surface area contributed by atoms with Gasteiger partial charge in [-0.25, -0.2) is 8.42 Å². The van der Waals surface area contributed by atoms with Crippen LogP contribution in [0.25, 0.3) is 0 Å². The Balaban J connectivity index is 0.00000242. The van der Waals surface area contributed by atoms with Gasteiger partial charge in [0.1, 0.15) is 0 Å². The minimum Gasteiger partial charge on any atom is -0.370 e. The zero-order chi connectivity index (χ0) is 15.5. The predicted molar refractivity (Wildman–Crippen MR) is 103 cm³/mol. The molecule has 0 radical (unpaired) electrons. The summed E-state index contributed by atoms with van der Waals surface area (Å²) >= 11 is 0. The molecule has 0 aliphatic carbocycles. The van der Waals surface area contributed by atoms with Crippen molar-refractivity contribution in [3.63, 3.8) is 0 Å². The average Bonchev–Trinajstić information content (AvgIpc) is 2.35. The van der Waals surface area contributed by atoms with Crippen molar-refractivity contribution in [2.24, 2.45) is 10.7 Å². The van der Waals surface area contributed by atoms with E-state index in [1.807, 2.05) is 26.0 Å². The standard InChI is InChI=1S/C15H23N3O2S.HI/c1-11-7-12(2)9-13(8-11)18-15(16)17-10-14-5-3-4-6-21(14,19)20;/h7-9,14H,3-6,10H2,1-2H3,(H3,16,17,18);1H. The molecule has 1 heterocycles. The zero-order valence-corrected chi connectivity index (χ0v) is 16.1. The van der Waals surface area contributed by atoms with Crippen molar-refractivity contribution in [2.75, 3.05) is 17.6 Å². The van der Waals surface area contributed by atoms with E-state index in [1.165, 1.54) is 0 Å². The summed E-state index contributed by atoms with van der Waals surface area (Å²) < 4.78 is 23.8. The Kier molecular flexibility index (Phi) is 7.11. The van der Waals surface area contributed by atoms with Crippen molar-refractivity contribution >= 4 is 45.5 Å². The van der Waals surface area contributed by atoms with Crippen molar-refractivity contribution in [3.8, 4) is 0 Å². The number of sulfone groups is 1. The minimum atomic E-state index is -3.00. The summed E-state index contributed by atoms with van der Waals surface area (Å²) in [6, 6.07) is 6.03. The molecule has 22 heavy (non-hydrogen) atoms. The van der Waals surface area contributed by atoms with Gasteiger partial charge < -0.3 is 11.1 Å². The average molecular weight is 437 g/mol. The molecule has 3 N–H and O–H groups in total. The third-order valence-corrected chi connectivity index (χ3v) is 5.93. The lowest BCUT2D eigenvalue weighted by molar-refractivity contribution is 0.541. The molecule has 124 valence electrons. The molecular formula is C15H24IN3O2S. The van der Waals surface area contributed by atoms with Gasteiger partial charge in [-0.3, -0.25) is 4.99 Å². The number of aryl methyl sites for hydroxylation is 2. The molecule has 0 aromatic heterocycles. The number of nitrogens with two attached hydrogens (primary N) is 1. The topological polar surface area (TPSA) is 84.5 Å². The fourth-order valence-electron chi connectivity index (χ4n) is 2.66. The van der Waals surface area contributed by atoms with E-state index >= 15 is 0 Å². The summed E-state index contributed by atoms with van der Waals surface area (Å²) in [4.78, 5) is 4.20. The number of halogens is 1. The van der Waals surface area contributed by atoms with E-state index in [2.05, 4.69) is 16.4 Å². The second-order valence-electron chi connectivity index (χ2n) is 5.71. The molecule has 1 aromatic rings. The van der Waals surface area contributed by atoms with Gasteiger partial charge in [0.15, 0.2) is 15.8 Å². The van der Waals surface area contributed by atoms with Crippen molar-refractivity contribution in [3.05, 3.63) is 29.3 Å². The Hall–Kier alpha value is -0.830. The highest BCUT2D eigenvalue weighted by Crippen LogP contribution is 2.19. The highest BCUT2D eigenvalue weighted by atomic mass is 127. The smallest absolute Gasteiger partial charge is 0.193 e. The largest absolute Gasteiger partial charge is 0.370 e. The van der Waals surface area contributed by atoms with Gasteiger partial charge in [-0.1, -0.05) is 12.5 Å². The Labute approximate surface area is 149 Å². The van der Waals surface area contributed by atoms with E-state index in [4.69, 9.17) is 5.73 Å². The Morgan fingerprint density at radius 2 is 1.91 bits per heavy atom. The number of aliphatic imine (C=N–C) groups is 1. The van der Waals surface area contributed by atoms with E-state index < -0.39 is 9.84 Å². The van der Waals surface area contributed by atoms with Crippen LogP contribution in [0.1, 0.15) is 30.4 Å². The third kappa shape index (κ3) is 5.42. The van der Waals surface area contributed by atoms with Gasteiger partial charge in [0.25, 0.3) is 0 Å². The van der Waals surface area contributed by atoms with E-state index in [0.717, 1.165) is 29.7 Å². The van der Waals surface area contributed by atoms with Gasteiger partial charge >= 0.3 is 0 Å². The number of rotatable bonds is 3. The first-order chi connectivity index (χ1) is 9.87. The lowest BCUT2D eigenvalue weighted by Gasteiger charge is -2.20. The van der Waals surface area contributed by atoms with Crippen LogP contribution in [0.4, 0.5) is 5.69 Å². The van der Waals surface area contributed by atoms with Crippen LogP contribution in [-0.4, -0.2) is 31.9 Å². The molecule has 1 unspecified atom stereocenters. The van der Waals surface area contributed by atoms with Crippen LogP contribution < -0.4 is 11.1 Å². The maximum absolute atomic E-state index is 11.9. The van der Waals surface area contributed by atoms with Crippen LogP contribution in [0.3, 0.4) is 0 Å². The van der Waals surface area contributed by atoms with Crippen LogP contribution in [-0.2, 0) is 9.84 Å².